The fourth-order valence-corrected chi connectivity index (χ4v) is 4.19. The van der Waals surface area contributed by atoms with Crippen LogP contribution in [0.4, 0.5) is 5.69 Å². The zero-order valence-corrected chi connectivity index (χ0v) is 18.4. The van der Waals surface area contributed by atoms with Gasteiger partial charge in [-0.25, -0.2) is 4.79 Å². The number of likely N-dealkylation sites (tertiary alicyclic amines) is 1. The van der Waals surface area contributed by atoms with Crippen molar-refractivity contribution < 1.29 is 28.6 Å². The number of hydrogen-bond acceptors (Lipinski definition) is 6. The highest BCUT2D eigenvalue weighted by Gasteiger charge is 2.31. The van der Waals surface area contributed by atoms with E-state index in [0.717, 1.165) is 0 Å². The van der Waals surface area contributed by atoms with Crippen LogP contribution in [-0.2, 0) is 9.53 Å². The molecule has 1 aromatic carbocycles. The van der Waals surface area contributed by atoms with Crippen LogP contribution in [-0.4, -0.2) is 54.2 Å². The van der Waals surface area contributed by atoms with Gasteiger partial charge >= 0.3 is 5.97 Å². The molecule has 0 saturated carbocycles. The third-order valence-electron chi connectivity index (χ3n) is 5.92. The number of esters is 1. The minimum Gasteiger partial charge on any atom is -0.462 e. The number of H-pyrrole nitrogens is 1. The molecule has 9 nitrogen and oxygen atoms in total. The number of amides is 2. The fraction of sp³-hybridized carbons (Fsp3) is 0.435. The van der Waals surface area contributed by atoms with Gasteiger partial charge in [0.1, 0.15) is 5.69 Å². The van der Waals surface area contributed by atoms with Crippen LogP contribution >= 0.6 is 0 Å². The molecular formula is C23H27N3O6. The highest BCUT2D eigenvalue weighted by Crippen LogP contribution is 2.34. The first kappa shape index (κ1) is 21.7. The van der Waals surface area contributed by atoms with E-state index < -0.39 is 5.97 Å². The standard InChI is InChI=1S/C23H27N3O6/c1-4-30-23(29)19-13(2)20(24-14(19)3)22(28)26-9-7-15(8-10-26)21(27)25-16-5-6-17-18(11-16)32-12-31-17/h5-6,11,15,24H,4,7-10,12H2,1-3H3,(H,25,27). The van der Waals surface area contributed by atoms with Gasteiger partial charge in [0.2, 0.25) is 12.7 Å². The first-order valence-electron chi connectivity index (χ1n) is 10.7. The van der Waals surface area contributed by atoms with Crippen LogP contribution in [0.15, 0.2) is 18.2 Å². The topological polar surface area (TPSA) is 110 Å². The van der Waals surface area contributed by atoms with Crippen molar-refractivity contribution in [3.63, 3.8) is 0 Å². The summed E-state index contributed by atoms with van der Waals surface area (Å²) in [6.07, 6.45) is 1.12. The number of carbonyl (C=O) groups excluding carboxylic acids is 3. The molecule has 1 fully saturated rings. The van der Waals surface area contributed by atoms with Gasteiger partial charge in [-0.05, 0) is 51.3 Å². The lowest BCUT2D eigenvalue weighted by Crippen LogP contribution is -2.41. The van der Waals surface area contributed by atoms with Crippen LogP contribution in [0.25, 0.3) is 0 Å². The average molecular weight is 441 g/mol. The van der Waals surface area contributed by atoms with E-state index in [9.17, 15) is 14.4 Å². The van der Waals surface area contributed by atoms with Gasteiger partial charge in [0.25, 0.3) is 5.91 Å². The van der Waals surface area contributed by atoms with Crippen molar-refractivity contribution in [1.82, 2.24) is 9.88 Å². The number of piperidine rings is 1. The lowest BCUT2D eigenvalue weighted by molar-refractivity contribution is -0.121. The summed E-state index contributed by atoms with van der Waals surface area (Å²) in [5, 5.41) is 2.93. The Morgan fingerprint density at radius 2 is 1.88 bits per heavy atom. The van der Waals surface area contributed by atoms with Gasteiger partial charge in [-0.3, -0.25) is 9.59 Å². The number of nitrogens with one attached hydrogen (secondary N) is 2. The Hall–Kier alpha value is -3.49. The Kier molecular flexibility index (Phi) is 6.07. The Morgan fingerprint density at radius 3 is 2.59 bits per heavy atom. The first-order valence-corrected chi connectivity index (χ1v) is 10.7. The molecule has 2 amide bonds. The first-order chi connectivity index (χ1) is 15.4. The van der Waals surface area contributed by atoms with Gasteiger partial charge in [-0.15, -0.1) is 0 Å². The number of aryl methyl sites for hydroxylation is 1. The number of anilines is 1. The molecule has 4 rings (SSSR count). The third kappa shape index (κ3) is 4.15. The number of nitrogens with zero attached hydrogens (tertiary/aromatic N) is 1. The second-order valence-corrected chi connectivity index (χ2v) is 7.97. The molecule has 0 radical (unpaired) electrons. The Labute approximate surface area is 186 Å². The highest BCUT2D eigenvalue weighted by atomic mass is 16.7. The van der Waals surface area contributed by atoms with Gasteiger partial charge in [-0.2, -0.15) is 0 Å². The summed E-state index contributed by atoms with van der Waals surface area (Å²) in [4.78, 5) is 42.7. The summed E-state index contributed by atoms with van der Waals surface area (Å²) >= 11 is 0. The fourth-order valence-electron chi connectivity index (χ4n) is 4.19. The van der Waals surface area contributed by atoms with E-state index in [2.05, 4.69) is 10.3 Å². The van der Waals surface area contributed by atoms with Crippen LogP contribution in [0.5, 0.6) is 11.5 Å². The molecule has 0 unspecified atom stereocenters. The Balaban J connectivity index is 1.36. The second kappa shape index (κ2) is 8.94. The maximum atomic E-state index is 13.1. The van der Waals surface area contributed by atoms with E-state index in [-0.39, 0.29) is 31.1 Å². The predicted octanol–water partition coefficient (Wildman–Crippen LogP) is 3.03. The second-order valence-electron chi connectivity index (χ2n) is 7.97. The van der Waals surface area contributed by atoms with E-state index >= 15 is 0 Å². The number of fused-ring (bicyclic) bond motifs is 1. The van der Waals surface area contributed by atoms with Crippen LogP contribution in [0.3, 0.4) is 0 Å². The van der Waals surface area contributed by atoms with E-state index in [1.807, 2.05) is 0 Å². The van der Waals surface area contributed by atoms with Crippen LogP contribution in [0, 0.1) is 19.8 Å². The maximum Gasteiger partial charge on any atom is 0.340 e. The molecule has 0 aliphatic carbocycles. The van der Waals surface area contributed by atoms with Crippen LogP contribution in [0.2, 0.25) is 0 Å². The summed E-state index contributed by atoms with van der Waals surface area (Å²) in [6.45, 7) is 6.62. The van der Waals surface area contributed by atoms with Crippen LogP contribution in [0.1, 0.15) is 51.9 Å². The Bertz CT molecular complexity index is 1050. The molecule has 0 spiro atoms. The molecule has 1 aromatic heterocycles. The number of carbonyl (C=O) groups is 3. The summed E-state index contributed by atoms with van der Waals surface area (Å²) in [7, 11) is 0. The maximum absolute atomic E-state index is 13.1. The van der Waals surface area contributed by atoms with Crippen molar-refractivity contribution in [3.8, 4) is 11.5 Å². The number of benzene rings is 1. The molecule has 2 aromatic rings. The van der Waals surface area contributed by atoms with E-state index in [4.69, 9.17) is 14.2 Å². The molecule has 2 aliphatic rings. The van der Waals surface area contributed by atoms with Crippen molar-refractivity contribution in [3.05, 3.63) is 40.7 Å². The normalized spacial score (nSPS) is 15.5. The molecule has 3 heterocycles. The highest BCUT2D eigenvalue weighted by molar-refractivity contribution is 6.00. The van der Waals surface area contributed by atoms with Crippen molar-refractivity contribution in [2.24, 2.45) is 5.92 Å². The van der Waals surface area contributed by atoms with E-state index in [0.29, 0.717) is 65.6 Å². The van der Waals surface area contributed by atoms with Crippen molar-refractivity contribution in [1.29, 1.82) is 0 Å². The SMILES string of the molecule is CCOC(=O)c1c(C)[nH]c(C(=O)N2CCC(C(=O)Nc3ccc4c(c3)OCO4)CC2)c1C. The van der Waals surface area contributed by atoms with Gasteiger partial charge < -0.3 is 29.4 Å². The average Bonchev–Trinajstić information content (AvgIpc) is 3.36. The summed E-state index contributed by atoms with van der Waals surface area (Å²) in [5.74, 6) is 0.406. The molecule has 32 heavy (non-hydrogen) atoms. The summed E-state index contributed by atoms with van der Waals surface area (Å²) in [6, 6.07) is 5.29. The van der Waals surface area contributed by atoms with Crippen molar-refractivity contribution in [2.75, 3.05) is 31.8 Å². The van der Waals surface area contributed by atoms with Gasteiger partial charge in [0.05, 0.1) is 12.2 Å². The number of ether oxygens (including phenoxy) is 3. The number of hydrogen-bond donors (Lipinski definition) is 2. The van der Waals surface area contributed by atoms with Gasteiger partial charge in [0, 0.05) is 36.5 Å². The molecule has 9 heteroatoms. The molecular weight excluding hydrogens is 414 g/mol. The zero-order chi connectivity index (χ0) is 22.8. The third-order valence-corrected chi connectivity index (χ3v) is 5.92. The lowest BCUT2D eigenvalue weighted by Gasteiger charge is -2.31. The monoisotopic (exact) mass is 441 g/mol. The predicted molar refractivity (Wildman–Crippen MR) is 116 cm³/mol. The zero-order valence-electron chi connectivity index (χ0n) is 18.4. The minimum absolute atomic E-state index is 0.0764. The summed E-state index contributed by atoms with van der Waals surface area (Å²) in [5.41, 5.74) is 2.67. The van der Waals surface area contributed by atoms with Gasteiger partial charge in [0.15, 0.2) is 11.5 Å². The minimum atomic E-state index is -0.434. The largest absolute Gasteiger partial charge is 0.462 e. The number of rotatable bonds is 5. The number of aromatic nitrogens is 1. The quantitative estimate of drug-likeness (QED) is 0.690. The van der Waals surface area contributed by atoms with E-state index in [1.165, 1.54) is 0 Å². The molecule has 0 atom stereocenters. The van der Waals surface area contributed by atoms with Crippen molar-refractivity contribution in [2.45, 2.75) is 33.6 Å². The Morgan fingerprint density at radius 1 is 1.16 bits per heavy atom. The number of aromatic amines is 1. The van der Waals surface area contributed by atoms with Gasteiger partial charge in [-0.1, -0.05) is 0 Å². The van der Waals surface area contributed by atoms with Crippen LogP contribution < -0.4 is 14.8 Å². The lowest BCUT2D eigenvalue weighted by atomic mass is 9.95. The molecule has 1 saturated heterocycles. The smallest absolute Gasteiger partial charge is 0.340 e. The van der Waals surface area contributed by atoms with Crippen molar-refractivity contribution >= 4 is 23.5 Å². The molecule has 2 N–H and O–H groups in total. The molecule has 170 valence electrons. The molecule has 0 bridgehead atoms. The summed E-state index contributed by atoms with van der Waals surface area (Å²) < 4.78 is 15.7. The van der Waals surface area contributed by atoms with E-state index in [1.54, 1.807) is 43.9 Å². The molecule has 2 aliphatic heterocycles.